The molecular weight excluding hydrogens is 400 g/mol. The number of hydrogen-bond donors (Lipinski definition) is 1. The van der Waals surface area contributed by atoms with Gasteiger partial charge in [0.05, 0.1) is 30.0 Å². The van der Waals surface area contributed by atoms with E-state index >= 15 is 0 Å². The average Bonchev–Trinajstić information content (AvgIpc) is 3.28. The molecule has 4 aromatic heterocycles. The largest absolute Gasteiger partial charge is 0.320 e. The Morgan fingerprint density at radius 2 is 2.03 bits per heavy atom. The monoisotopic (exact) mass is 414 g/mol. The molecule has 1 aliphatic carbocycles. The Hall–Kier alpha value is -3.97. The fraction of sp³-hybridized carbons (Fsp3) is 0.150. The normalized spacial score (nSPS) is 13.0. The maximum absolute atomic E-state index is 13.0. The molecule has 1 amide bonds. The number of amides is 1. The van der Waals surface area contributed by atoms with Gasteiger partial charge in [-0.25, -0.2) is 4.98 Å². The van der Waals surface area contributed by atoms with Crippen molar-refractivity contribution in [3.8, 4) is 23.3 Å². The number of anilines is 1. The summed E-state index contributed by atoms with van der Waals surface area (Å²) < 4.78 is 4.52. The smallest absolute Gasteiger partial charge is 0.267 e. The summed E-state index contributed by atoms with van der Waals surface area (Å²) in [4.78, 5) is 23.5. The van der Waals surface area contributed by atoms with Crippen LogP contribution in [0.25, 0.3) is 17.2 Å². The standard InChI is InChI=1S/C20H14N8OS/c21-10-13-9-14(11-23-19(13)28-24-7-8-25-28)26-20(29)18-16(12-4-5-12)17(27-30-18)15-3-1-2-6-22-15/h1-3,6-9,11-12H,4-5H2,(H,26,29). The number of aromatic nitrogens is 6. The third-order valence-electron chi connectivity index (χ3n) is 4.68. The minimum atomic E-state index is -0.271. The van der Waals surface area contributed by atoms with Gasteiger partial charge in [-0.05, 0) is 48.5 Å². The minimum Gasteiger partial charge on any atom is -0.320 e. The Morgan fingerprint density at radius 3 is 2.73 bits per heavy atom. The lowest BCUT2D eigenvalue weighted by Gasteiger charge is -2.08. The summed E-state index contributed by atoms with van der Waals surface area (Å²) in [7, 11) is 0. The van der Waals surface area contributed by atoms with Gasteiger partial charge in [0.15, 0.2) is 5.82 Å². The maximum atomic E-state index is 13.0. The van der Waals surface area contributed by atoms with E-state index in [0.29, 0.717) is 22.3 Å². The molecule has 30 heavy (non-hydrogen) atoms. The van der Waals surface area contributed by atoms with Crippen molar-refractivity contribution in [2.45, 2.75) is 18.8 Å². The molecule has 4 heterocycles. The van der Waals surface area contributed by atoms with Crippen molar-refractivity contribution in [3.63, 3.8) is 0 Å². The van der Waals surface area contributed by atoms with E-state index in [1.54, 1.807) is 12.3 Å². The summed E-state index contributed by atoms with van der Waals surface area (Å²) in [5, 5.41) is 20.3. The van der Waals surface area contributed by atoms with Gasteiger partial charge in [0.2, 0.25) is 0 Å². The topological polar surface area (TPSA) is 122 Å². The lowest BCUT2D eigenvalue weighted by Crippen LogP contribution is -2.13. The predicted molar refractivity (Wildman–Crippen MR) is 109 cm³/mol. The third-order valence-corrected chi connectivity index (χ3v) is 5.54. The molecule has 9 nitrogen and oxygen atoms in total. The van der Waals surface area contributed by atoms with Crippen molar-refractivity contribution in [3.05, 3.63) is 65.1 Å². The number of nitrogens with one attached hydrogen (secondary N) is 1. The summed E-state index contributed by atoms with van der Waals surface area (Å²) >= 11 is 1.17. The molecule has 0 aliphatic heterocycles. The van der Waals surface area contributed by atoms with Gasteiger partial charge in [-0.1, -0.05) is 6.07 Å². The summed E-state index contributed by atoms with van der Waals surface area (Å²) in [6, 6.07) is 9.28. The van der Waals surface area contributed by atoms with E-state index in [1.807, 2.05) is 18.2 Å². The molecule has 1 aliphatic rings. The number of hydrogen-bond acceptors (Lipinski definition) is 8. The van der Waals surface area contributed by atoms with Crippen molar-refractivity contribution in [2.75, 3.05) is 5.32 Å². The quantitative estimate of drug-likeness (QED) is 0.532. The van der Waals surface area contributed by atoms with E-state index in [0.717, 1.165) is 29.8 Å². The summed E-state index contributed by atoms with van der Waals surface area (Å²) in [5.41, 5.74) is 3.15. The summed E-state index contributed by atoms with van der Waals surface area (Å²) in [6.45, 7) is 0. The number of carbonyl (C=O) groups is 1. The molecule has 0 unspecified atom stereocenters. The first kappa shape index (κ1) is 18.1. The second kappa shape index (κ2) is 7.46. The van der Waals surface area contributed by atoms with Crippen LogP contribution in [0, 0.1) is 11.3 Å². The first-order valence-electron chi connectivity index (χ1n) is 9.23. The maximum Gasteiger partial charge on any atom is 0.267 e. The molecule has 5 rings (SSSR count). The Kier molecular flexibility index (Phi) is 4.49. The highest BCUT2D eigenvalue weighted by atomic mass is 32.1. The molecular formula is C20H14N8OS. The van der Waals surface area contributed by atoms with Crippen molar-refractivity contribution >= 4 is 23.1 Å². The zero-order chi connectivity index (χ0) is 20.5. The van der Waals surface area contributed by atoms with Crippen molar-refractivity contribution in [1.82, 2.24) is 29.3 Å². The fourth-order valence-electron chi connectivity index (χ4n) is 3.18. The van der Waals surface area contributed by atoms with Gasteiger partial charge in [0.1, 0.15) is 22.2 Å². The van der Waals surface area contributed by atoms with Crippen LogP contribution in [-0.4, -0.2) is 35.2 Å². The zero-order valence-electron chi connectivity index (χ0n) is 15.6. The summed E-state index contributed by atoms with van der Waals surface area (Å²) in [6.07, 6.45) is 8.27. The number of nitrogens with zero attached hydrogens (tertiary/aromatic N) is 7. The third kappa shape index (κ3) is 3.31. The van der Waals surface area contributed by atoms with E-state index in [9.17, 15) is 10.1 Å². The van der Waals surface area contributed by atoms with Crippen molar-refractivity contribution in [1.29, 1.82) is 5.26 Å². The van der Waals surface area contributed by atoms with E-state index < -0.39 is 0 Å². The molecule has 0 spiro atoms. The van der Waals surface area contributed by atoms with Crippen LogP contribution in [0.3, 0.4) is 0 Å². The molecule has 146 valence electrons. The van der Waals surface area contributed by atoms with Gasteiger partial charge < -0.3 is 5.32 Å². The first-order chi connectivity index (χ1) is 14.7. The highest BCUT2D eigenvalue weighted by molar-refractivity contribution is 7.08. The van der Waals surface area contributed by atoms with E-state index in [1.165, 1.54) is 34.9 Å². The van der Waals surface area contributed by atoms with Crippen LogP contribution in [0.2, 0.25) is 0 Å². The molecule has 0 atom stereocenters. The number of nitriles is 1. The molecule has 4 aromatic rings. The molecule has 0 saturated heterocycles. The predicted octanol–water partition coefficient (Wildman–Crippen LogP) is 3.18. The Balaban J connectivity index is 1.45. The molecule has 0 bridgehead atoms. The molecule has 1 fully saturated rings. The highest BCUT2D eigenvalue weighted by Gasteiger charge is 2.34. The lowest BCUT2D eigenvalue weighted by atomic mass is 10.1. The SMILES string of the molecule is N#Cc1cc(NC(=O)c2snc(-c3ccccn3)c2C2CC2)cnc1-n1nccn1. The van der Waals surface area contributed by atoms with E-state index in [2.05, 4.69) is 35.9 Å². The van der Waals surface area contributed by atoms with E-state index in [4.69, 9.17) is 0 Å². The Bertz CT molecular complexity index is 1260. The lowest BCUT2D eigenvalue weighted by molar-refractivity contribution is 0.102. The van der Waals surface area contributed by atoms with E-state index in [-0.39, 0.29) is 11.5 Å². The van der Waals surface area contributed by atoms with Crippen LogP contribution in [0.1, 0.15) is 39.6 Å². The Morgan fingerprint density at radius 1 is 1.20 bits per heavy atom. The van der Waals surface area contributed by atoms with Gasteiger partial charge in [0.25, 0.3) is 5.91 Å². The van der Waals surface area contributed by atoms with Gasteiger partial charge in [-0.3, -0.25) is 9.78 Å². The van der Waals surface area contributed by atoms with Crippen LogP contribution in [-0.2, 0) is 0 Å². The van der Waals surface area contributed by atoms with Gasteiger partial charge >= 0.3 is 0 Å². The summed E-state index contributed by atoms with van der Waals surface area (Å²) in [5.74, 6) is 0.351. The minimum absolute atomic E-state index is 0.255. The highest BCUT2D eigenvalue weighted by Crippen LogP contribution is 2.47. The number of pyridine rings is 2. The molecule has 1 saturated carbocycles. The first-order valence-corrected chi connectivity index (χ1v) is 10.0. The molecule has 0 radical (unpaired) electrons. The zero-order valence-corrected chi connectivity index (χ0v) is 16.4. The number of rotatable bonds is 5. The van der Waals surface area contributed by atoms with Gasteiger partial charge in [0, 0.05) is 11.8 Å². The molecule has 10 heteroatoms. The van der Waals surface area contributed by atoms with Gasteiger partial charge in [-0.15, -0.1) is 4.80 Å². The second-order valence-corrected chi connectivity index (χ2v) is 7.52. The second-order valence-electron chi connectivity index (χ2n) is 6.74. The van der Waals surface area contributed by atoms with Crippen molar-refractivity contribution < 1.29 is 4.79 Å². The van der Waals surface area contributed by atoms with Crippen LogP contribution in [0.4, 0.5) is 5.69 Å². The molecule has 0 aromatic carbocycles. The van der Waals surface area contributed by atoms with Crippen molar-refractivity contribution in [2.24, 2.45) is 0 Å². The van der Waals surface area contributed by atoms with Crippen LogP contribution in [0.5, 0.6) is 0 Å². The van der Waals surface area contributed by atoms with Crippen LogP contribution < -0.4 is 5.32 Å². The number of carbonyl (C=O) groups excluding carboxylic acids is 1. The van der Waals surface area contributed by atoms with Crippen LogP contribution in [0.15, 0.2) is 49.1 Å². The fourth-order valence-corrected chi connectivity index (χ4v) is 4.05. The average molecular weight is 414 g/mol. The molecule has 1 N–H and O–H groups in total. The van der Waals surface area contributed by atoms with Gasteiger partial charge in [-0.2, -0.15) is 19.8 Å². The Labute approximate surface area is 175 Å². The van der Waals surface area contributed by atoms with Crippen LogP contribution >= 0.6 is 11.5 Å².